The average molecular weight is 293 g/mol. The van der Waals surface area contributed by atoms with Gasteiger partial charge in [0, 0.05) is 38.3 Å². The highest BCUT2D eigenvalue weighted by atomic mass is 16.1. The first kappa shape index (κ1) is 13.5. The fraction of sp³-hybridized carbons (Fsp3) is 0.333. The van der Waals surface area contributed by atoms with Gasteiger partial charge in [-0.15, -0.1) is 0 Å². The predicted molar refractivity (Wildman–Crippen MR) is 84.5 cm³/mol. The van der Waals surface area contributed by atoms with Gasteiger partial charge in [-0.25, -0.2) is 0 Å². The Morgan fingerprint density at radius 3 is 2.86 bits per heavy atom. The van der Waals surface area contributed by atoms with Gasteiger partial charge in [0.05, 0.1) is 11.3 Å². The number of carbonyl (C=O) groups excluding carboxylic acids is 1. The summed E-state index contributed by atoms with van der Waals surface area (Å²) in [7, 11) is 0. The molecule has 22 heavy (non-hydrogen) atoms. The van der Waals surface area contributed by atoms with E-state index in [1.54, 1.807) is 6.20 Å². The molecule has 2 atom stereocenters. The van der Waals surface area contributed by atoms with E-state index in [0.717, 1.165) is 37.4 Å². The zero-order chi connectivity index (χ0) is 14.9. The Morgan fingerprint density at radius 2 is 2.00 bits per heavy atom. The quantitative estimate of drug-likeness (QED) is 0.921. The van der Waals surface area contributed by atoms with E-state index < -0.39 is 0 Å². The first-order valence-corrected chi connectivity index (χ1v) is 7.80. The van der Waals surface area contributed by atoms with Crippen molar-refractivity contribution in [3.05, 3.63) is 65.5 Å². The lowest BCUT2D eigenvalue weighted by molar-refractivity contribution is 0.0951. The molecule has 2 aliphatic rings. The molecule has 1 saturated heterocycles. The van der Waals surface area contributed by atoms with Crippen LogP contribution in [0.5, 0.6) is 0 Å². The minimum absolute atomic E-state index is 0.0205. The molecule has 0 bridgehead atoms. The van der Waals surface area contributed by atoms with Crippen molar-refractivity contribution in [3.63, 3.8) is 0 Å². The van der Waals surface area contributed by atoms with Crippen LogP contribution in [0.1, 0.15) is 27.5 Å². The SMILES string of the molecule is O=C1NC[C@@H]2CN(Cc3ccccc3)C[C@H]2c2ncccc21. The largest absolute Gasteiger partial charge is 0.352 e. The van der Waals surface area contributed by atoms with Crippen LogP contribution in [-0.2, 0) is 6.54 Å². The van der Waals surface area contributed by atoms with Crippen molar-refractivity contribution in [1.29, 1.82) is 0 Å². The standard InChI is InChI=1S/C18H19N3O/c22-18-15-7-4-8-19-17(15)16-12-21(11-14(16)9-20-18)10-13-5-2-1-3-6-13/h1-8,14,16H,9-12H2,(H,20,22)/t14-,16-/m1/s1. The lowest BCUT2D eigenvalue weighted by atomic mass is 9.91. The summed E-state index contributed by atoms with van der Waals surface area (Å²) in [5, 5.41) is 3.05. The van der Waals surface area contributed by atoms with E-state index in [-0.39, 0.29) is 5.91 Å². The maximum atomic E-state index is 12.1. The van der Waals surface area contributed by atoms with Gasteiger partial charge in [-0.3, -0.25) is 14.7 Å². The molecule has 2 aromatic rings. The molecular weight excluding hydrogens is 274 g/mol. The third-order valence-electron chi connectivity index (χ3n) is 4.72. The van der Waals surface area contributed by atoms with E-state index in [0.29, 0.717) is 11.8 Å². The third-order valence-corrected chi connectivity index (χ3v) is 4.72. The minimum atomic E-state index is 0.0205. The number of aromatic nitrogens is 1. The summed E-state index contributed by atoms with van der Waals surface area (Å²) in [4.78, 5) is 19.1. The molecule has 1 fully saturated rings. The molecule has 0 saturated carbocycles. The summed E-state index contributed by atoms with van der Waals surface area (Å²) in [6.45, 7) is 3.68. The molecular formula is C18H19N3O. The van der Waals surface area contributed by atoms with Crippen molar-refractivity contribution in [1.82, 2.24) is 15.2 Å². The molecule has 1 amide bonds. The van der Waals surface area contributed by atoms with Gasteiger partial charge in [-0.2, -0.15) is 0 Å². The van der Waals surface area contributed by atoms with Gasteiger partial charge in [-0.05, 0) is 23.6 Å². The van der Waals surface area contributed by atoms with Crippen LogP contribution >= 0.6 is 0 Å². The zero-order valence-electron chi connectivity index (χ0n) is 12.4. The van der Waals surface area contributed by atoms with Crippen LogP contribution < -0.4 is 5.32 Å². The highest BCUT2D eigenvalue weighted by Crippen LogP contribution is 2.35. The van der Waals surface area contributed by atoms with Crippen molar-refractivity contribution in [2.24, 2.45) is 5.92 Å². The number of nitrogens with zero attached hydrogens (tertiary/aromatic N) is 2. The fourth-order valence-electron chi connectivity index (χ4n) is 3.67. The van der Waals surface area contributed by atoms with Crippen molar-refractivity contribution in [2.75, 3.05) is 19.6 Å². The summed E-state index contributed by atoms with van der Waals surface area (Å²) in [5.74, 6) is 0.815. The Balaban J connectivity index is 1.58. The second kappa shape index (κ2) is 5.54. The van der Waals surface area contributed by atoms with E-state index in [1.807, 2.05) is 18.2 Å². The Morgan fingerprint density at radius 1 is 1.14 bits per heavy atom. The molecule has 0 aliphatic carbocycles. The van der Waals surface area contributed by atoms with Gasteiger partial charge in [0.15, 0.2) is 0 Å². The van der Waals surface area contributed by atoms with E-state index >= 15 is 0 Å². The normalized spacial score (nSPS) is 24.3. The molecule has 1 N–H and O–H groups in total. The number of amides is 1. The maximum absolute atomic E-state index is 12.1. The van der Waals surface area contributed by atoms with Crippen LogP contribution in [0.2, 0.25) is 0 Å². The zero-order valence-corrected chi connectivity index (χ0v) is 12.4. The number of benzene rings is 1. The Labute approximate surface area is 130 Å². The number of rotatable bonds is 2. The maximum Gasteiger partial charge on any atom is 0.253 e. The van der Waals surface area contributed by atoms with Crippen LogP contribution in [0.15, 0.2) is 48.7 Å². The molecule has 1 aromatic heterocycles. The van der Waals surface area contributed by atoms with Crippen LogP contribution in [-0.4, -0.2) is 35.4 Å². The van der Waals surface area contributed by atoms with E-state index in [9.17, 15) is 4.79 Å². The molecule has 4 nitrogen and oxygen atoms in total. The lowest BCUT2D eigenvalue weighted by Crippen LogP contribution is -2.29. The first-order chi connectivity index (χ1) is 10.8. The van der Waals surface area contributed by atoms with Gasteiger partial charge >= 0.3 is 0 Å². The summed E-state index contributed by atoms with van der Waals surface area (Å²) >= 11 is 0. The highest BCUT2D eigenvalue weighted by Gasteiger charge is 2.38. The van der Waals surface area contributed by atoms with Gasteiger partial charge in [0.1, 0.15) is 0 Å². The van der Waals surface area contributed by atoms with E-state index in [4.69, 9.17) is 0 Å². The van der Waals surface area contributed by atoms with Crippen LogP contribution in [0.4, 0.5) is 0 Å². The molecule has 112 valence electrons. The van der Waals surface area contributed by atoms with Crippen LogP contribution in [0.25, 0.3) is 0 Å². The third kappa shape index (κ3) is 2.40. The van der Waals surface area contributed by atoms with Crippen molar-refractivity contribution < 1.29 is 4.79 Å². The lowest BCUT2D eigenvalue weighted by Gasteiger charge is -2.16. The number of pyridine rings is 1. The van der Waals surface area contributed by atoms with Crippen molar-refractivity contribution in [2.45, 2.75) is 12.5 Å². The molecule has 4 rings (SSSR count). The number of carbonyl (C=O) groups is 1. The number of fused-ring (bicyclic) bond motifs is 3. The molecule has 0 spiro atoms. The smallest absolute Gasteiger partial charge is 0.253 e. The van der Waals surface area contributed by atoms with E-state index in [1.165, 1.54) is 5.56 Å². The number of likely N-dealkylation sites (tertiary alicyclic amines) is 1. The molecule has 1 aromatic carbocycles. The van der Waals surface area contributed by atoms with Crippen LogP contribution in [0.3, 0.4) is 0 Å². The topological polar surface area (TPSA) is 45.2 Å². The molecule has 4 heteroatoms. The summed E-state index contributed by atoms with van der Waals surface area (Å²) < 4.78 is 0. The van der Waals surface area contributed by atoms with Crippen molar-refractivity contribution in [3.8, 4) is 0 Å². The summed E-state index contributed by atoms with van der Waals surface area (Å²) in [5.41, 5.74) is 3.05. The molecule has 3 heterocycles. The fourth-order valence-corrected chi connectivity index (χ4v) is 3.67. The number of hydrogen-bond acceptors (Lipinski definition) is 3. The monoisotopic (exact) mass is 293 g/mol. The van der Waals surface area contributed by atoms with Gasteiger partial charge < -0.3 is 5.32 Å². The van der Waals surface area contributed by atoms with Gasteiger partial charge in [0.2, 0.25) is 0 Å². The Bertz CT molecular complexity index is 686. The van der Waals surface area contributed by atoms with Gasteiger partial charge in [-0.1, -0.05) is 30.3 Å². The summed E-state index contributed by atoms with van der Waals surface area (Å²) in [6.07, 6.45) is 1.80. The molecule has 0 radical (unpaired) electrons. The summed E-state index contributed by atoms with van der Waals surface area (Å²) in [6, 6.07) is 14.3. The number of hydrogen-bond donors (Lipinski definition) is 1. The van der Waals surface area contributed by atoms with Crippen LogP contribution in [0, 0.1) is 5.92 Å². The molecule has 2 aliphatic heterocycles. The molecule has 0 unspecified atom stereocenters. The minimum Gasteiger partial charge on any atom is -0.352 e. The number of nitrogens with one attached hydrogen (secondary N) is 1. The second-order valence-electron chi connectivity index (χ2n) is 6.19. The van der Waals surface area contributed by atoms with E-state index in [2.05, 4.69) is 39.5 Å². The second-order valence-corrected chi connectivity index (χ2v) is 6.19. The van der Waals surface area contributed by atoms with Crippen molar-refractivity contribution >= 4 is 5.91 Å². The average Bonchev–Trinajstić information content (AvgIpc) is 2.91. The Kier molecular flexibility index (Phi) is 3.39. The highest BCUT2D eigenvalue weighted by molar-refractivity contribution is 5.95. The predicted octanol–water partition coefficient (Wildman–Crippen LogP) is 2.04. The Hall–Kier alpha value is -2.20. The first-order valence-electron chi connectivity index (χ1n) is 7.80. The van der Waals surface area contributed by atoms with Gasteiger partial charge in [0.25, 0.3) is 5.91 Å².